The van der Waals surface area contributed by atoms with E-state index >= 15 is 0 Å². The first-order valence-corrected chi connectivity index (χ1v) is 3.70. The van der Waals surface area contributed by atoms with Gasteiger partial charge in [0.15, 0.2) is 0 Å². The molecule has 0 radical (unpaired) electrons. The van der Waals surface area contributed by atoms with Crippen molar-refractivity contribution in [3.63, 3.8) is 0 Å². The van der Waals surface area contributed by atoms with Crippen LogP contribution in [0, 0.1) is 47.9 Å². The maximum absolute atomic E-state index is 5.04. The zero-order valence-electron chi connectivity index (χ0n) is 7.20. The highest BCUT2D eigenvalue weighted by Gasteiger charge is 1.71. The smallest absolute Gasteiger partial charge is 0.0712 e. The van der Waals surface area contributed by atoms with Crippen molar-refractivity contribution in [2.75, 3.05) is 0 Å². The summed E-state index contributed by atoms with van der Waals surface area (Å²) in [6.07, 6.45) is 7.11. The number of rotatable bonds is 1. The van der Waals surface area contributed by atoms with Crippen LogP contribution in [0.1, 0.15) is 26.2 Å². The molecule has 0 saturated carbocycles. The molecule has 0 N–H and O–H groups in total. The van der Waals surface area contributed by atoms with Gasteiger partial charge < -0.3 is 0 Å². The van der Waals surface area contributed by atoms with Crippen LogP contribution in [0.3, 0.4) is 0 Å². The summed E-state index contributed by atoms with van der Waals surface area (Å²) in [6, 6.07) is 0. The van der Waals surface area contributed by atoms with Crippen LogP contribution in [0.25, 0.3) is 0 Å². The van der Waals surface area contributed by atoms with Gasteiger partial charge in [0.05, 0.1) is 6.42 Å². The number of hydrogen-bond donors (Lipinski definition) is 0. The average Bonchev–Trinajstić information content (AvgIpc) is 2.10. The summed E-state index contributed by atoms with van der Waals surface area (Å²) in [6.45, 7) is 1.76. The fraction of sp³-hybridized carbons (Fsp3) is 0.333. The average molecular weight is 154 g/mol. The van der Waals surface area contributed by atoms with Crippen molar-refractivity contribution in [3.8, 4) is 47.9 Å². The molecule has 0 nitrogen and oxygen atoms in total. The lowest BCUT2D eigenvalue weighted by atomic mass is 10.3. The number of unbranched alkanes of at least 4 members (excludes halogenated alkanes) is 1. The van der Waals surface area contributed by atoms with E-state index in [1.807, 2.05) is 0 Å². The van der Waals surface area contributed by atoms with Crippen LogP contribution in [-0.2, 0) is 0 Å². The standard InChI is InChI=1S/C12H10/c1-3-5-7-9-11-12-10-8-6-4-2/h1H,5,7,12H2,2H3. The molecule has 0 spiro atoms. The summed E-state index contributed by atoms with van der Waals surface area (Å²) < 4.78 is 0. The van der Waals surface area contributed by atoms with Crippen molar-refractivity contribution in [1.29, 1.82) is 0 Å². The van der Waals surface area contributed by atoms with E-state index < -0.39 is 0 Å². The molecule has 0 heterocycles. The first kappa shape index (κ1) is 10.2. The van der Waals surface area contributed by atoms with E-state index in [1.54, 1.807) is 6.92 Å². The van der Waals surface area contributed by atoms with Crippen molar-refractivity contribution in [2.24, 2.45) is 0 Å². The molecule has 0 unspecified atom stereocenters. The topological polar surface area (TPSA) is 0 Å². The number of hydrogen-bond acceptors (Lipinski definition) is 0. The minimum Gasteiger partial charge on any atom is -0.120 e. The van der Waals surface area contributed by atoms with Crippen molar-refractivity contribution in [3.05, 3.63) is 0 Å². The van der Waals surface area contributed by atoms with Crippen molar-refractivity contribution in [1.82, 2.24) is 0 Å². The Kier molecular flexibility index (Phi) is 7.88. The van der Waals surface area contributed by atoms with Gasteiger partial charge in [0.1, 0.15) is 0 Å². The van der Waals surface area contributed by atoms with Crippen LogP contribution in [0.2, 0.25) is 0 Å². The van der Waals surface area contributed by atoms with Crippen LogP contribution in [0.15, 0.2) is 0 Å². The fourth-order valence-electron chi connectivity index (χ4n) is 0.481. The first-order chi connectivity index (χ1) is 5.91. The summed E-state index contributed by atoms with van der Waals surface area (Å²) in [4.78, 5) is 0. The SMILES string of the molecule is C#CCCC#CCC#CC#CC. The molecular weight excluding hydrogens is 144 g/mol. The van der Waals surface area contributed by atoms with Crippen LogP contribution >= 0.6 is 0 Å². The molecule has 0 bridgehead atoms. The highest BCUT2D eigenvalue weighted by molar-refractivity contribution is 5.26. The summed E-state index contributed by atoms with van der Waals surface area (Å²) in [5.74, 6) is 19.1. The van der Waals surface area contributed by atoms with E-state index in [-0.39, 0.29) is 0 Å². The summed E-state index contributed by atoms with van der Waals surface area (Å²) in [5, 5.41) is 0. The molecule has 12 heavy (non-hydrogen) atoms. The Labute approximate surface area is 74.8 Å². The van der Waals surface area contributed by atoms with Gasteiger partial charge in [0.2, 0.25) is 0 Å². The predicted molar refractivity (Wildman–Crippen MR) is 51.7 cm³/mol. The third kappa shape index (κ3) is 8.24. The van der Waals surface area contributed by atoms with Gasteiger partial charge >= 0.3 is 0 Å². The van der Waals surface area contributed by atoms with Crippen molar-refractivity contribution >= 4 is 0 Å². The van der Waals surface area contributed by atoms with Gasteiger partial charge in [-0.1, -0.05) is 17.8 Å². The molecular formula is C12H10. The second-order valence-electron chi connectivity index (χ2n) is 1.91. The van der Waals surface area contributed by atoms with Gasteiger partial charge in [-0.05, 0) is 18.8 Å². The molecule has 0 amide bonds. The van der Waals surface area contributed by atoms with E-state index in [9.17, 15) is 0 Å². The van der Waals surface area contributed by atoms with Crippen LogP contribution < -0.4 is 0 Å². The Morgan fingerprint density at radius 1 is 1.00 bits per heavy atom. The molecule has 0 saturated heterocycles. The van der Waals surface area contributed by atoms with Gasteiger partial charge in [0.25, 0.3) is 0 Å². The molecule has 0 fully saturated rings. The Balaban J connectivity index is 3.53. The monoisotopic (exact) mass is 154 g/mol. The fourth-order valence-corrected chi connectivity index (χ4v) is 0.481. The molecule has 0 aromatic heterocycles. The van der Waals surface area contributed by atoms with E-state index in [1.165, 1.54) is 0 Å². The summed E-state index contributed by atoms with van der Waals surface area (Å²) in [7, 11) is 0. The Hall–Kier alpha value is -1.76. The molecule has 0 aliphatic heterocycles. The van der Waals surface area contributed by atoms with E-state index in [0.29, 0.717) is 6.42 Å². The maximum atomic E-state index is 5.04. The lowest BCUT2D eigenvalue weighted by Gasteiger charge is -1.75. The Morgan fingerprint density at radius 2 is 1.83 bits per heavy atom. The maximum Gasteiger partial charge on any atom is 0.0712 e. The second kappa shape index (κ2) is 9.24. The molecule has 0 aliphatic carbocycles. The van der Waals surface area contributed by atoms with Gasteiger partial charge in [-0.2, -0.15) is 0 Å². The summed E-state index contributed by atoms with van der Waals surface area (Å²) >= 11 is 0. The largest absolute Gasteiger partial charge is 0.120 e. The zero-order valence-corrected chi connectivity index (χ0v) is 7.20. The molecule has 0 rings (SSSR count). The molecule has 0 heteroatoms. The van der Waals surface area contributed by atoms with Crippen LogP contribution in [0.5, 0.6) is 0 Å². The Morgan fingerprint density at radius 3 is 2.50 bits per heavy atom. The van der Waals surface area contributed by atoms with E-state index in [2.05, 4.69) is 41.4 Å². The quantitative estimate of drug-likeness (QED) is 0.399. The first-order valence-electron chi connectivity index (χ1n) is 3.70. The normalized spacial score (nSPS) is 5.67. The third-order valence-corrected chi connectivity index (χ3v) is 0.972. The van der Waals surface area contributed by atoms with Crippen LogP contribution in [0.4, 0.5) is 0 Å². The van der Waals surface area contributed by atoms with Gasteiger partial charge in [-0.15, -0.1) is 18.3 Å². The molecule has 0 atom stereocenters. The highest BCUT2D eigenvalue weighted by atomic mass is 13.7. The zero-order chi connectivity index (χ0) is 9.07. The minimum absolute atomic E-state index is 0.583. The molecule has 0 aliphatic rings. The van der Waals surface area contributed by atoms with Crippen molar-refractivity contribution < 1.29 is 0 Å². The van der Waals surface area contributed by atoms with Crippen molar-refractivity contribution in [2.45, 2.75) is 26.2 Å². The Bertz CT molecular complexity index is 320. The van der Waals surface area contributed by atoms with Gasteiger partial charge in [-0.25, -0.2) is 0 Å². The highest BCUT2D eigenvalue weighted by Crippen LogP contribution is 1.82. The lowest BCUT2D eigenvalue weighted by molar-refractivity contribution is 1.12. The number of terminal acetylenes is 1. The van der Waals surface area contributed by atoms with E-state index in [0.717, 1.165) is 12.8 Å². The lowest BCUT2D eigenvalue weighted by Crippen LogP contribution is -1.64. The molecule has 0 aromatic rings. The summed E-state index contributed by atoms with van der Waals surface area (Å²) in [5.41, 5.74) is 0. The van der Waals surface area contributed by atoms with Gasteiger partial charge in [0, 0.05) is 12.8 Å². The predicted octanol–water partition coefficient (Wildman–Crippen LogP) is 1.82. The second-order valence-corrected chi connectivity index (χ2v) is 1.91. The third-order valence-electron chi connectivity index (χ3n) is 0.972. The van der Waals surface area contributed by atoms with Crippen LogP contribution in [-0.4, -0.2) is 0 Å². The molecule has 0 aromatic carbocycles. The van der Waals surface area contributed by atoms with E-state index in [4.69, 9.17) is 6.42 Å². The van der Waals surface area contributed by atoms with Gasteiger partial charge in [-0.3, -0.25) is 0 Å². The minimum atomic E-state index is 0.583. The molecule has 58 valence electrons.